The third-order valence-corrected chi connectivity index (χ3v) is 3.14. The van der Waals surface area contributed by atoms with Crippen molar-refractivity contribution in [2.45, 2.75) is 25.0 Å². The average Bonchev–Trinajstić information content (AvgIpc) is 2.85. The molecule has 0 saturated heterocycles. The first-order valence-corrected chi connectivity index (χ1v) is 7.03. The van der Waals surface area contributed by atoms with Crippen molar-refractivity contribution in [1.29, 1.82) is 0 Å². The molecule has 19 heavy (non-hydrogen) atoms. The summed E-state index contributed by atoms with van der Waals surface area (Å²) in [6.07, 6.45) is 0. The van der Waals surface area contributed by atoms with E-state index in [0.717, 1.165) is 5.56 Å². The zero-order chi connectivity index (χ0) is 13.7. The van der Waals surface area contributed by atoms with E-state index < -0.39 is 0 Å². The molecule has 100 valence electrons. The maximum Gasteiger partial charge on any atom is 0.230 e. The number of hydrogen-bond acceptors (Lipinski definition) is 4. The van der Waals surface area contributed by atoms with Crippen molar-refractivity contribution < 1.29 is 4.79 Å². The Labute approximate surface area is 116 Å². The third kappa shape index (κ3) is 4.10. The number of nitrogens with zero attached hydrogens (tertiary/aromatic N) is 2. The van der Waals surface area contributed by atoms with Crippen LogP contribution in [0.25, 0.3) is 11.4 Å². The summed E-state index contributed by atoms with van der Waals surface area (Å²) >= 11 is 1.32. The van der Waals surface area contributed by atoms with Crippen LogP contribution in [0, 0.1) is 0 Å². The molecule has 0 fully saturated rings. The molecular weight excluding hydrogens is 260 g/mol. The van der Waals surface area contributed by atoms with E-state index >= 15 is 0 Å². The molecule has 2 N–H and O–H groups in total. The second-order valence-corrected chi connectivity index (χ2v) is 5.29. The van der Waals surface area contributed by atoms with Crippen molar-refractivity contribution in [1.82, 2.24) is 20.5 Å². The lowest BCUT2D eigenvalue weighted by Gasteiger charge is -2.06. The molecule has 0 aliphatic heterocycles. The van der Waals surface area contributed by atoms with Gasteiger partial charge >= 0.3 is 0 Å². The molecule has 1 aromatic heterocycles. The van der Waals surface area contributed by atoms with Crippen molar-refractivity contribution in [3.63, 3.8) is 0 Å². The molecule has 0 aliphatic rings. The summed E-state index contributed by atoms with van der Waals surface area (Å²) in [5.74, 6) is 1.03. The van der Waals surface area contributed by atoms with E-state index in [1.165, 1.54) is 11.8 Å². The highest BCUT2D eigenvalue weighted by molar-refractivity contribution is 7.99. The van der Waals surface area contributed by atoms with Crippen molar-refractivity contribution in [3.8, 4) is 11.4 Å². The number of carbonyl (C=O) groups excluding carboxylic acids is 1. The minimum absolute atomic E-state index is 0.00828. The molecule has 5 nitrogen and oxygen atoms in total. The van der Waals surface area contributed by atoms with Crippen LogP contribution in [0.4, 0.5) is 0 Å². The van der Waals surface area contributed by atoms with Gasteiger partial charge in [0.25, 0.3) is 0 Å². The molecule has 0 aliphatic carbocycles. The van der Waals surface area contributed by atoms with Crippen LogP contribution in [-0.2, 0) is 4.79 Å². The highest BCUT2D eigenvalue weighted by Crippen LogP contribution is 2.18. The molecule has 0 unspecified atom stereocenters. The number of benzene rings is 1. The summed E-state index contributed by atoms with van der Waals surface area (Å²) in [6, 6.07) is 9.91. The van der Waals surface area contributed by atoms with Gasteiger partial charge in [0.05, 0.1) is 5.75 Å². The number of aromatic amines is 1. The van der Waals surface area contributed by atoms with Crippen LogP contribution in [0.5, 0.6) is 0 Å². The quantitative estimate of drug-likeness (QED) is 0.820. The van der Waals surface area contributed by atoms with Gasteiger partial charge in [-0.25, -0.2) is 4.98 Å². The lowest BCUT2D eigenvalue weighted by Crippen LogP contribution is -2.31. The Kier molecular flexibility index (Phi) is 4.57. The van der Waals surface area contributed by atoms with E-state index in [-0.39, 0.29) is 11.9 Å². The number of aromatic nitrogens is 3. The summed E-state index contributed by atoms with van der Waals surface area (Å²) in [5.41, 5.74) is 0.980. The molecule has 0 spiro atoms. The van der Waals surface area contributed by atoms with Crippen LogP contribution in [0.15, 0.2) is 35.5 Å². The van der Waals surface area contributed by atoms with E-state index in [4.69, 9.17) is 0 Å². The predicted octanol–water partition coefficient (Wildman–Crippen LogP) is 2.09. The number of H-pyrrole nitrogens is 1. The number of nitrogens with one attached hydrogen (secondary N) is 2. The van der Waals surface area contributed by atoms with Crippen LogP contribution < -0.4 is 5.32 Å². The zero-order valence-electron chi connectivity index (χ0n) is 10.9. The monoisotopic (exact) mass is 276 g/mol. The number of thioether (sulfide) groups is 1. The Balaban J connectivity index is 1.93. The fraction of sp³-hybridized carbons (Fsp3) is 0.308. The topological polar surface area (TPSA) is 70.7 Å². The molecule has 1 heterocycles. The molecular formula is C13H16N4OS. The second kappa shape index (κ2) is 6.38. The van der Waals surface area contributed by atoms with Gasteiger partial charge in [-0.2, -0.15) is 0 Å². The van der Waals surface area contributed by atoms with Gasteiger partial charge < -0.3 is 5.32 Å². The van der Waals surface area contributed by atoms with Gasteiger partial charge in [-0.15, -0.1) is 5.10 Å². The summed E-state index contributed by atoms with van der Waals surface area (Å²) in [5, 5.41) is 10.4. The van der Waals surface area contributed by atoms with Crippen LogP contribution in [0.2, 0.25) is 0 Å². The largest absolute Gasteiger partial charge is 0.353 e. The first kappa shape index (κ1) is 13.6. The predicted molar refractivity (Wildman–Crippen MR) is 75.8 cm³/mol. The lowest BCUT2D eigenvalue weighted by molar-refractivity contribution is -0.119. The maximum atomic E-state index is 11.5. The fourth-order valence-corrected chi connectivity index (χ4v) is 2.14. The van der Waals surface area contributed by atoms with E-state index in [9.17, 15) is 4.79 Å². The van der Waals surface area contributed by atoms with Crippen molar-refractivity contribution in [2.24, 2.45) is 0 Å². The first-order chi connectivity index (χ1) is 9.15. The number of rotatable bonds is 5. The molecule has 0 radical (unpaired) electrons. The molecule has 6 heteroatoms. The van der Waals surface area contributed by atoms with Gasteiger partial charge in [0.1, 0.15) is 0 Å². The smallest absolute Gasteiger partial charge is 0.230 e. The van der Waals surface area contributed by atoms with Gasteiger partial charge in [-0.1, -0.05) is 42.1 Å². The van der Waals surface area contributed by atoms with Crippen molar-refractivity contribution in [3.05, 3.63) is 30.3 Å². The average molecular weight is 276 g/mol. The number of carbonyl (C=O) groups is 1. The lowest BCUT2D eigenvalue weighted by atomic mass is 10.2. The van der Waals surface area contributed by atoms with Gasteiger partial charge in [-0.05, 0) is 13.8 Å². The molecule has 0 saturated carbocycles. The Morgan fingerprint density at radius 2 is 2.11 bits per heavy atom. The summed E-state index contributed by atoms with van der Waals surface area (Å²) in [7, 11) is 0. The summed E-state index contributed by atoms with van der Waals surface area (Å²) in [6.45, 7) is 3.87. The van der Waals surface area contributed by atoms with Crippen LogP contribution in [-0.4, -0.2) is 32.9 Å². The van der Waals surface area contributed by atoms with Crippen molar-refractivity contribution in [2.75, 3.05) is 5.75 Å². The normalized spacial score (nSPS) is 10.7. The maximum absolute atomic E-state index is 11.5. The zero-order valence-corrected chi connectivity index (χ0v) is 11.7. The number of hydrogen-bond donors (Lipinski definition) is 2. The molecule has 0 atom stereocenters. The SMILES string of the molecule is CC(C)NC(=O)CSc1n[nH]c(-c2ccccc2)n1. The van der Waals surface area contributed by atoms with E-state index in [2.05, 4.69) is 20.5 Å². The minimum atomic E-state index is -0.00828. The van der Waals surface area contributed by atoms with E-state index in [0.29, 0.717) is 16.7 Å². The van der Waals surface area contributed by atoms with Gasteiger partial charge in [0.2, 0.25) is 11.1 Å². The Hall–Kier alpha value is -1.82. The Morgan fingerprint density at radius 1 is 1.37 bits per heavy atom. The molecule has 1 aromatic carbocycles. The molecule has 2 aromatic rings. The standard InChI is InChI=1S/C13H16N4OS/c1-9(2)14-11(18)8-19-13-15-12(16-17-13)10-6-4-3-5-7-10/h3-7,9H,8H2,1-2H3,(H,14,18)(H,15,16,17). The Bertz CT molecular complexity index is 539. The highest BCUT2D eigenvalue weighted by Gasteiger charge is 2.09. The van der Waals surface area contributed by atoms with Crippen LogP contribution in [0.3, 0.4) is 0 Å². The first-order valence-electron chi connectivity index (χ1n) is 6.05. The van der Waals surface area contributed by atoms with Crippen molar-refractivity contribution >= 4 is 17.7 Å². The van der Waals surface area contributed by atoms with Crippen LogP contribution >= 0.6 is 11.8 Å². The summed E-state index contributed by atoms with van der Waals surface area (Å²) in [4.78, 5) is 15.9. The van der Waals surface area contributed by atoms with Crippen LogP contribution in [0.1, 0.15) is 13.8 Å². The minimum Gasteiger partial charge on any atom is -0.353 e. The molecule has 2 rings (SSSR count). The summed E-state index contributed by atoms with van der Waals surface area (Å²) < 4.78 is 0. The van der Waals surface area contributed by atoms with Gasteiger partial charge in [0, 0.05) is 11.6 Å². The van der Waals surface area contributed by atoms with Gasteiger partial charge in [-0.3, -0.25) is 9.89 Å². The third-order valence-electron chi connectivity index (χ3n) is 2.29. The fourth-order valence-electron chi connectivity index (χ4n) is 1.53. The van der Waals surface area contributed by atoms with Gasteiger partial charge in [0.15, 0.2) is 5.82 Å². The van der Waals surface area contributed by atoms with E-state index in [1.54, 1.807) is 0 Å². The molecule has 0 bridgehead atoms. The molecule has 1 amide bonds. The second-order valence-electron chi connectivity index (χ2n) is 4.34. The Morgan fingerprint density at radius 3 is 2.79 bits per heavy atom. The highest BCUT2D eigenvalue weighted by atomic mass is 32.2. The van der Waals surface area contributed by atoms with E-state index in [1.807, 2.05) is 44.2 Å². The number of amides is 1.